The summed E-state index contributed by atoms with van der Waals surface area (Å²) in [5.74, 6) is 0.0819. The first-order chi connectivity index (χ1) is 14.8. The number of piperazine rings is 1. The predicted molar refractivity (Wildman–Crippen MR) is 119 cm³/mol. The van der Waals surface area contributed by atoms with E-state index in [1.165, 1.54) is 4.31 Å². The van der Waals surface area contributed by atoms with Crippen LogP contribution in [0.25, 0.3) is 5.69 Å². The van der Waals surface area contributed by atoms with Crippen molar-refractivity contribution in [1.82, 2.24) is 23.9 Å². The first-order valence-corrected chi connectivity index (χ1v) is 12.3. The molecule has 0 radical (unpaired) electrons. The molecule has 1 amide bonds. The van der Waals surface area contributed by atoms with Gasteiger partial charge in [0.05, 0.1) is 17.1 Å². The van der Waals surface area contributed by atoms with E-state index in [4.69, 9.17) is 0 Å². The number of nitrogens with zero attached hydrogens (tertiary/aromatic N) is 5. The molecule has 0 unspecified atom stereocenters. The smallest absolute Gasteiger partial charge is 0.246 e. The number of piperidine rings is 1. The molecule has 9 heteroatoms. The first-order valence-electron chi connectivity index (χ1n) is 10.9. The summed E-state index contributed by atoms with van der Waals surface area (Å²) in [4.78, 5) is 17.3. The van der Waals surface area contributed by atoms with E-state index < -0.39 is 10.0 Å². The maximum Gasteiger partial charge on any atom is 0.246 e. The van der Waals surface area contributed by atoms with Gasteiger partial charge in [0.2, 0.25) is 15.9 Å². The summed E-state index contributed by atoms with van der Waals surface area (Å²) in [6.45, 7) is 7.55. The third kappa shape index (κ3) is 4.26. The minimum absolute atomic E-state index is 0.0934. The van der Waals surface area contributed by atoms with Gasteiger partial charge in [0, 0.05) is 45.2 Å². The number of carbonyl (C=O) groups excluding carboxylic acids is 1. The molecule has 0 spiro atoms. The molecule has 0 bridgehead atoms. The fourth-order valence-electron chi connectivity index (χ4n) is 4.58. The molecule has 8 nitrogen and oxygen atoms in total. The maximum atomic E-state index is 13.5. The van der Waals surface area contributed by atoms with Crippen molar-refractivity contribution < 1.29 is 13.2 Å². The molecule has 1 aromatic carbocycles. The molecule has 2 aromatic rings. The molecule has 3 heterocycles. The van der Waals surface area contributed by atoms with E-state index in [1.807, 2.05) is 35.2 Å². The largest absolute Gasteiger partial charge is 0.340 e. The molecule has 168 valence electrons. The van der Waals surface area contributed by atoms with Crippen LogP contribution in [0.1, 0.15) is 24.2 Å². The zero-order valence-electron chi connectivity index (χ0n) is 18.5. The number of hydrogen-bond donors (Lipinski definition) is 0. The van der Waals surface area contributed by atoms with Crippen LogP contribution in [0.2, 0.25) is 0 Å². The Hall–Kier alpha value is -2.23. The predicted octanol–water partition coefficient (Wildman–Crippen LogP) is 1.66. The second-order valence-electron chi connectivity index (χ2n) is 8.55. The van der Waals surface area contributed by atoms with Gasteiger partial charge in [-0.2, -0.15) is 9.40 Å². The van der Waals surface area contributed by atoms with Crippen LogP contribution in [0, 0.1) is 19.8 Å². The maximum absolute atomic E-state index is 13.5. The molecule has 2 aliphatic heterocycles. The van der Waals surface area contributed by atoms with Crippen molar-refractivity contribution in [3.8, 4) is 5.69 Å². The molecule has 2 saturated heterocycles. The van der Waals surface area contributed by atoms with Crippen LogP contribution in [0.3, 0.4) is 0 Å². The van der Waals surface area contributed by atoms with Crippen LogP contribution in [0.5, 0.6) is 0 Å². The van der Waals surface area contributed by atoms with Crippen LogP contribution in [-0.4, -0.2) is 84.5 Å². The highest BCUT2D eigenvalue weighted by atomic mass is 32.2. The molecular weight excluding hydrogens is 414 g/mol. The van der Waals surface area contributed by atoms with Crippen LogP contribution in [0.4, 0.5) is 0 Å². The number of rotatable bonds is 4. The fraction of sp³-hybridized carbons (Fsp3) is 0.545. The van der Waals surface area contributed by atoms with Gasteiger partial charge in [-0.1, -0.05) is 18.2 Å². The molecule has 0 N–H and O–H groups in total. The summed E-state index contributed by atoms with van der Waals surface area (Å²) < 4.78 is 30.1. The monoisotopic (exact) mass is 445 g/mol. The molecule has 0 atom stereocenters. The Morgan fingerprint density at radius 3 is 2.19 bits per heavy atom. The number of hydrogen-bond acceptors (Lipinski definition) is 5. The summed E-state index contributed by atoms with van der Waals surface area (Å²) in [5.41, 5.74) is 1.94. The lowest BCUT2D eigenvalue weighted by molar-refractivity contribution is -0.138. The summed E-state index contributed by atoms with van der Waals surface area (Å²) in [7, 11) is -1.61. The van der Waals surface area contributed by atoms with E-state index in [9.17, 15) is 13.2 Å². The van der Waals surface area contributed by atoms with Crippen molar-refractivity contribution >= 4 is 15.9 Å². The molecule has 2 aliphatic rings. The van der Waals surface area contributed by atoms with Crippen molar-refractivity contribution in [2.75, 3.05) is 46.3 Å². The molecule has 0 saturated carbocycles. The van der Waals surface area contributed by atoms with Gasteiger partial charge < -0.3 is 9.80 Å². The van der Waals surface area contributed by atoms with E-state index in [-0.39, 0.29) is 16.7 Å². The topological polar surface area (TPSA) is 78.8 Å². The Bertz CT molecular complexity index is 1030. The Kier molecular flexibility index (Phi) is 6.18. The van der Waals surface area contributed by atoms with E-state index in [1.54, 1.807) is 18.5 Å². The summed E-state index contributed by atoms with van der Waals surface area (Å²) >= 11 is 0. The van der Waals surface area contributed by atoms with Crippen molar-refractivity contribution in [3.05, 3.63) is 41.7 Å². The second-order valence-corrected chi connectivity index (χ2v) is 10.4. The zero-order valence-corrected chi connectivity index (χ0v) is 19.3. The van der Waals surface area contributed by atoms with Gasteiger partial charge in [0.25, 0.3) is 0 Å². The molecule has 31 heavy (non-hydrogen) atoms. The molecule has 0 aliphatic carbocycles. The molecule has 1 aromatic heterocycles. The van der Waals surface area contributed by atoms with Crippen molar-refractivity contribution in [2.24, 2.45) is 5.92 Å². The normalized spacial score (nSPS) is 19.6. The average molecular weight is 446 g/mol. The van der Waals surface area contributed by atoms with Crippen molar-refractivity contribution in [2.45, 2.75) is 31.6 Å². The highest BCUT2D eigenvalue weighted by Gasteiger charge is 2.37. The number of aryl methyl sites for hydroxylation is 1. The van der Waals surface area contributed by atoms with Crippen molar-refractivity contribution in [3.63, 3.8) is 0 Å². The van der Waals surface area contributed by atoms with E-state index in [0.29, 0.717) is 37.3 Å². The van der Waals surface area contributed by atoms with Gasteiger partial charge in [0.1, 0.15) is 4.90 Å². The summed E-state index contributed by atoms with van der Waals surface area (Å²) in [6.07, 6.45) is 1.13. The average Bonchev–Trinajstić information content (AvgIpc) is 3.09. The highest BCUT2D eigenvalue weighted by Crippen LogP contribution is 2.29. The minimum Gasteiger partial charge on any atom is -0.340 e. The van der Waals surface area contributed by atoms with Crippen LogP contribution in [-0.2, 0) is 14.8 Å². The second kappa shape index (κ2) is 8.72. The number of aromatic nitrogens is 2. The van der Waals surface area contributed by atoms with E-state index >= 15 is 0 Å². The van der Waals surface area contributed by atoms with E-state index in [0.717, 1.165) is 31.9 Å². The Morgan fingerprint density at radius 1 is 0.968 bits per heavy atom. The lowest BCUT2D eigenvalue weighted by Crippen LogP contribution is -2.51. The number of para-hydroxylation sites is 1. The van der Waals surface area contributed by atoms with Gasteiger partial charge in [0.15, 0.2) is 0 Å². The number of likely N-dealkylation sites (N-methyl/N-ethyl adjacent to an activating group) is 1. The number of sulfonamides is 1. The lowest BCUT2D eigenvalue weighted by atomic mass is 9.96. The van der Waals surface area contributed by atoms with Gasteiger partial charge in [-0.25, -0.2) is 13.1 Å². The summed E-state index contributed by atoms with van der Waals surface area (Å²) in [5, 5.41) is 4.50. The minimum atomic E-state index is -3.67. The quantitative estimate of drug-likeness (QED) is 0.715. The molecule has 2 fully saturated rings. The third-order valence-corrected chi connectivity index (χ3v) is 8.59. The van der Waals surface area contributed by atoms with Gasteiger partial charge >= 0.3 is 0 Å². The number of carbonyl (C=O) groups is 1. The van der Waals surface area contributed by atoms with Gasteiger partial charge in [-0.05, 0) is 45.9 Å². The SMILES string of the molecule is Cc1nn(-c2ccccc2)c(C)c1S(=O)(=O)N1CCC(C(=O)N2CCN(C)CC2)CC1. The third-order valence-electron chi connectivity index (χ3n) is 6.44. The number of amides is 1. The van der Waals surface area contributed by atoms with E-state index in [2.05, 4.69) is 17.0 Å². The first kappa shape index (κ1) is 22.0. The van der Waals surface area contributed by atoms with Crippen LogP contribution >= 0.6 is 0 Å². The lowest BCUT2D eigenvalue weighted by Gasteiger charge is -2.37. The Labute approximate surface area is 184 Å². The standard InChI is InChI=1S/C22H31N5O3S/c1-17-21(18(2)27(23-17)20-7-5-4-6-8-20)31(29,30)26-11-9-19(10-12-26)22(28)25-15-13-24(3)14-16-25/h4-8,19H,9-16H2,1-3H3. The summed E-state index contributed by atoms with van der Waals surface area (Å²) in [6, 6.07) is 9.54. The Balaban J connectivity index is 1.47. The van der Waals surface area contributed by atoms with Gasteiger partial charge in [-0.15, -0.1) is 0 Å². The zero-order chi connectivity index (χ0) is 22.2. The van der Waals surface area contributed by atoms with Gasteiger partial charge in [-0.3, -0.25) is 4.79 Å². The van der Waals surface area contributed by atoms with Crippen molar-refractivity contribution in [1.29, 1.82) is 0 Å². The molecular formula is C22H31N5O3S. The fourth-order valence-corrected chi connectivity index (χ4v) is 6.40. The Morgan fingerprint density at radius 2 is 1.58 bits per heavy atom. The van der Waals surface area contributed by atoms with Crippen LogP contribution in [0.15, 0.2) is 35.2 Å². The van der Waals surface area contributed by atoms with Crippen LogP contribution < -0.4 is 0 Å². The molecule has 4 rings (SSSR count). The highest BCUT2D eigenvalue weighted by molar-refractivity contribution is 7.89. The number of benzene rings is 1.